The maximum Gasteiger partial charge on any atom is 0.342 e. The summed E-state index contributed by atoms with van der Waals surface area (Å²) in [5.41, 5.74) is 0.0883. The molecule has 2 aromatic carbocycles. The van der Waals surface area contributed by atoms with Crippen LogP contribution in [0, 0.1) is 23.2 Å². The second-order valence-corrected chi connectivity index (χ2v) is 9.70. The standard InChI is InChI=1S/C27H30O5/c28-25(27-15-19-12-20(16-27)14-21(13-19)17-27)18-32-26(29)23-8-4-5-9-24(23)31-11-10-30-22-6-2-1-3-7-22/h1-9,19-21H,10-18H2. The third-order valence-corrected chi connectivity index (χ3v) is 7.42. The Bertz CT molecular complexity index is 932. The number of benzene rings is 2. The number of para-hydroxylation sites is 2. The van der Waals surface area contributed by atoms with Gasteiger partial charge in [0.25, 0.3) is 0 Å². The first-order chi connectivity index (χ1) is 15.6. The van der Waals surface area contributed by atoms with E-state index in [2.05, 4.69) is 0 Å². The molecule has 2 aromatic rings. The van der Waals surface area contributed by atoms with Gasteiger partial charge in [0.05, 0.1) is 0 Å². The molecule has 4 aliphatic rings. The second-order valence-electron chi connectivity index (χ2n) is 9.70. The van der Waals surface area contributed by atoms with Crippen LogP contribution in [0.15, 0.2) is 54.6 Å². The summed E-state index contributed by atoms with van der Waals surface area (Å²) in [4.78, 5) is 25.9. The maximum absolute atomic E-state index is 13.1. The predicted molar refractivity (Wildman–Crippen MR) is 120 cm³/mol. The minimum atomic E-state index is -0.511. The molecule has 4 aliphatic carbocycles. The number of rotatable bonds is 9. The summed E-state index contributed by atoms with van der Waals surface area (Å²) < 4.78 is 16.9. The van der Waals surface area contributed by atoms with Crippen molar-refractivity contribution in [3.05, 3.63) is 60.2 Å². The van der Waals surface area contributed by atoms with Gasteiger partial charge in [0.1, 0.15) is 30.3 Å². The van der Waals surface area contributed by atoms with Crippen LogP contribution in [0.1, 0.15) is 48.9 Å². The van der Waals surface area contributed by atoms with Gasteiger partial charge in [-0.3, -0.25) is 4.79 Å². The summed E-state index contributed by atoms with van der Waals surface area (Å²) in [7, 11) is 0. The highest BCUT2D eigenvalue weighted by Gasteiger charge is 2.54. The van der Waals surface area contributed by atoms with Gasteiger partial charge in [-0.25, -0.2) is 4.79 Å². The number of carbonyl (C=O) groups is 2. The Labute approximate surface area is 189 Å². The molecule has 0 atom stereocenters. The van der Waals surface area contributed by atoms with Crippen molar-refractivity contribution in [2.75, 3.05) is 19.8 Å². The van der Waals surface area contributed by atoms with Crippen molar-refractivity contribution in [1.82, 2.24) is 0 Å². The molecule has 4 bridgehead atoms. The van der Waals surface area contributed by atoms with Gasteiger partial charge in [-0.05, 0) is 80.5 Å². The Morgan fingerprint density at radius 3 is 2.06 bits per heavy atom. The number of Topliss-reactive ketones (excluding diaryl/α,β-unsaturated/α-hetero) is 1. The molecule has 5 nitrogen and oxygen atoms in total. The zero-order valence-electron chi connectivity index (χ0n) is 18.3. The molecule has 0 N–H and O–H groups in total. The van der Waals surface area contributed by atoms with Crippen molar-refractivity contribution in [3.8, 4) is 11.5 Å². The largest absolute Gasteiger partial charge is 0.490 e. The zero-order chi connectivity index (χ0) is 22.0. The number of hydrogen-bond acceptors (Lipinski definition) is 5. The summed E-state index contributed by atoms with van der Waals surface area (Å²) in [6.07, 6.45) is 6.80. The number of hydrogen-bond donors (Lipinski definition) is 0. The van der Waals surface area contributed by atoms with Crippen molar-refractivity contribution >= 4 is 11.8 Å². The average molecular weight is 435 g/mol. The topological polar surface area (TPSA) is 61.8 Å². The molecule has 4 fully saturated rings. The molecule has 0 saturated heterocycles. The quantitative estimate of drug-likeness (QED) is 0.407. The van der Waals surface area contributed by atoms with Gasteiger partial charge in [0, 0.05) is 5.41 Å². The minimum Gasteiger partial charge on any atom is -0.490 e. The van der Waals surface area contributed by atoms with Gasteiger partial charge >= 0.3 is 5.97 Å². The Morgan fingerprint density at radius 2 is 1.38 bits per heavy atom. The van der Waals surface area contributed by atoms with Crippen molar-refractivity contribution in [1.29, 1.82) is 0 Å². The molecule has 168 valence electrons. The summed E-state index contributed by atoms with van der Waals surface area (Å²) in [5.74, 6) is 2.88. The Kier molecular flexibility index (Phi) is 5.90. The van der Waals surface area contributed by atoms with Crippen LogP contribution in [-0.2, 0) is 9.53 Å². The lowest BCUT2D eigenvalue weighted by Crippen LogP contribution is -2.51. The molecule has 0 heterocycles. The Morgan fingerprint density at radius 1 is 0.781 bits per heavy atom. The van der Waals surface area contributed by atoms with E-state index < -0.39 is 5.97 Å². The number of esters is 1. The van der Waals surface area contributed by atoms with Crippen molar-refractivity contribution in [2.24, 2.45) is 23.2 Å². The van der Waals surface area contributed by atoms with Crippen LogP contribution < -0.4 is 9.47 Å². The first-order valence-electron chi connectivity index (χ1n) is 11.7. The van der Waals surface area contributed by atoms with E-state index in [1.807, 2.05) is 36.4 Å². The van der Waals surface area contributed by atoms with E-state index in [0.29, 0.717) is 42.3 Å². The fraction of sp³-hybridized carbons (Fsp3) is 0.481. The van der Waals surface area contributed by atoms with Gasteiger partial charge < -0.3 is 14.2 Å². The Balaban J connectivity index is 1.15. The molecule has 4 saturated carbocycles. The second kappa shape index (κ2) is 8.97. The lowest BCUT2D eigenvalue weighted by atomic mass is 9.48. The first-order valence-corrected chi connectivity index (χ1v) is 11.7. The summed E-state index contributed by atoms with van der Waals surface area (Å²) >= 11 is 0. The highest BCUT2D eigenvalue weighted by molar-refractivity contribution is 5.95. The van der Waals surface area contributed by atoms with E-state index in [1.54, 1.807) is 18.2 Å². The Hall–Kier alpha value is -2.82. The summed E-state index contributed by atoms with van der Waals surface area (Å²) in [5, 5.41) is 0. The van der Waals surface area contributed by atoms with E-state index in [9.17, 15) is 9.59 Å². The van der Waals surface area contributed by atoms with E-state index in [-0.39, 0.29) is 17.8 Å². The van der Waals surface area contributed by atoms with Crippen LogP contribution >= 0.6 is 0 Å². The average Bonchev–Trinajstić information content (AvgIpc) is 2.80. The third-order valence-electron chi connectivity index (χ3n) is 7.42. The number of ether oxygens (including phenoxy) is 3. The maximum atomic E-state index is 13.1. The van der Waals surface area contributed by atoms with Crippen LogP contribution in [-0.4, -0.2) is 31.6 Å². The number of ketones is 1. The lowest BCUT2D eigenvalue weighted by Gasteiger charge is -2.55. The third kappa shape index (κ3) is 4.38. The molecular formula is C27H30O5. The molecular weight excluding hydrogens is 404 g/mol. The lowest BCUT2D eigenvalue weighted by molar-refractivity contribution is -0.147. The molecule has 0 aromatic heterocycles. The van der Waals surface area contributed by atoms with Crippen LogP contribution in [0.25, 0.3) is 0 Å². The van der Waals surface area contributed by atoms with Crippen molar-refractivity contribution < 1.29 is 23.8 Å². The molecule has 0 amide bonds. The molecule has 32 heavy (non-hydrogen) atoms. The van der Waals surface area contributed by atoms with Gasteiger partial charge in [-0.2, -0.15) is 0 Å². The van der Waals surface area contributed by atoms with Crippen molar-refractivity contribution in [3.63, 3.8) is 0 Å². The van der Waals surface area contributed by atoms with E-state index in [4.69, 9.17) is 14.2 Å². The van der Waals surface area contributed by atoms with E-state index >= 15 is 0 Å². The van der Waals surface area contributed by atoms with E-state index in [0.717, 1.165) is 25.0 Å². The van der Waals surface area contributed by atoms with Crippen LogP contribution in [0.5, 0.6) is 11.5 Å². The minimum absolute atomic E-state index is 0.111. The zero-order valence-corrected chi connectivity index (χ0v) is 18.3. The normalized spacial score (nSPS) is 27.7. The van der Waals surface area contributed by atoms with Crippen LogP contribution in [0.2, 0.25) is 0 Å². The number of carbonyl (C=O) groups excluding carboxylic acids is 2. The van der Waals surface area contributed by atoms with E-state index in [1.165, 1.54) is 19.3 Å². The molecule has 0 unspecified atom stereocenters. The van der Waals surface area contributed by atoms with Crippen molar-refractivity contribution in [2.45, 2.75) is 38.5 Å². The molecule has 0 spiro atoms. The SMILES string of the molecule is O=C(OCC(=O)C12CC3CC(CC(C3)C1)C2)c1ccccc1OCCOc1ccccc1. The van der Waals surface area contributed by atoms with Gasteiger partial charge in [-0.15, -0.1) is 0 Å². The van der Waals surface area contributed by atoms with Crippen LogP contribution in [0.3, 0.4) is 0 Å². The molecule has 5 heteroatoms. The molecule has 0 aliphatic heterocycles. The fourth-order valence-electron chi connectivity index (χ4n) is 6.40. The van der Waals surface area contributed by atoms with Crippen LogP contribution in [0.4, 0.5) is 0 Å². The smallest absolute Gasteiger partial charge is 0.342 e. The first kappa shape index (κ1) is 21.0. The molecule has 0 radical (unpaired) electrons. The van der Waals surface area contributed by atoms with Gasteiger partial charge in [0.2, 0.25) is 0 Å². The van der Waals surface area contributed by atoms with Gasteiger partial charge in [-0.1, -0.05) is 30.3 Å². The molecule has 6 rings (SSSR count). The summed E-state index contributed by atoms with van der Waals surface area (Å²) in [6, 6.07) is 16.5. The van der Waals surface area contributed by atoms with Gasteiger partial charge in [0.15, 0.2) is 12.4 Å². The highest BCUT2D eigenvalue weighted by Crippen LogP contribution is 2.60. The fourth-order valence-corrected chi connectivity index (χ4v) is 6.40. The summed E-state index contributed by atoms with van der Waals surface area (Å²) in [6.45, 7) is 0.514. The predicted octanol–water partition coefficient (Wildman–Crippen LogP) is 5.09. The highest BCUT2D eigenvalue weighted by atomic mass is 16.5. The monoisotopic (exact) mass is 434 g/mol.